The molecule has 1 aromatic carbocycles. The number of halogens is 1. The van der Waals surface area contributed by atoms with Crippen molar-refractivity contribution in [2.45, 2.75) is 38.3 Å². The van der Waals surface area contributed by atoms with E-state index >= 15 is 0 Å². The second kappa shape index (κ2) is 5.85. The second-order valence-corrected chi connectivity index (χ2v) is 4.91. The van der Waals surface area contributed by atoms with Crippen LogP contribution >= 0.6 is 0 Å². The summed E-state index contributed by atoms with van der Waals surface area (Å²) in [6.45, 7) is 0.583. The molecule has 0 unspecified atom stereocenters. The van der Waals surface area contributed by atoms with Crippen LogP contribution in [0, 0.1) is 5.82 Å². The van der Waals surface area contributed by atoms with Gasteiger partial charge in [0, 0.05) is 13.6 Å². The third-order valence-electron chi connectivity index (χ3n) is 3.34. The molecule has 0 heterocycles. The molecule has 1 fully saturated rings. The van der Waals surface area contributed by atoms with Crippen molar-refractivity contribution >= 4 is 5.96 Å². The van der Waals surface area contributed by atoms with E-state index in [2.05, 4.69) is 4.99 Å². The Kier molecular flexibility index (Phi) is 4.18. The maximum absolute atomic E-state index is 13.1. The van der Waals surface area contributed by atoms with E-state index in [1.807, 2.05) is 18.0 Å². The van der Waals surface area contributed by atoms with Gasteiger partial charge in [-0.2, -0.15) is 0 Å². The van der Waals surface area contributed by atoms with Crippen LogP contribution in [0.2, 0.25) is 0 Å². The molecular weight excluding hydrogens is 229 g/mol. The lowest BCUT2D eigenvalue weighted by Crippen LogP contribution is -2.34. The van der Waals surface area contributed by atoms with Gasteiger partial charge in [-0.15, -0.1) is 0 Å². The average Bonchev–Trinajstić information content (AvgIpc) is 2.81. The van der Waals surface area contributed by atoms with Gasteiger partial charge in [0.05, 0.1) is 6.04 Å². The smallest absolute Gasteiger partial charge is 0.191 e. The number of rotatable bonds is 3. The maximum Gasteiger partial charge on any atom is 0.191 e. The van der Waals surface area contributed by atoms with E-state index in [0.717, 1.165) is 18.4 Å². The molecule has 3 nitrogen and oxygen atoms in total. The van der Waals surface area contributed by atoms with Crippen LogP contribution in [0.25, 0.3) is 0 Å². The lowest BCUT2D eigenvalue weighted by molar-refractivity contribution is 0.484. The quantitative estimate of drug-likeness (QED) is 0.660. The third kappa shape index (κ3) is 3.45. The van der Waals surface area contributed by atoms with E-state index in [4.69, 9.17) is 5.73 Å². The summed E-state index contributed by atoms with van der Waals surface area (Å²) in [6, 6.07) is 6.95. The molecule has 0 aromatic heterocycles. The Morgan fingerprint density at radius 3 is 2.83 bits per heavy atom. The Morgan fingerprint density at radius 1 is 1.44 bits per heavy atom. The van der Waals surface area contributed by atoms with Crippen molar-refractivity contribution in [2.24, 2.45) is 10.7 Å². The first-order valence-electron chi connectivity index (χ1n) is 6.44. The van der Waals surface area contributed by atoms with E-state index in [-0.39, 0.29) is 5.82 Å². The predicted molar refractivity (Wildman–Crippen MR) is 71.7 cm³/mol. The number of guanidine groups is 1. The minimum absolute atomic E-state index is 0.216. The summed E-state index contributed by atoms with van der Waals surface area (Å²) in [7, 11) is 1.89. The van der Waals surface area contributed by atoms with Crippen LogP contribution in [0.15, 0.2) is 29.3 Å². The highest BCUT2D eigenvalue weighted by atomic mass is 19.1. The fraction of sp³-hybridized carbons (Fsp3) is 0.500. The summed E-state index contributed by atoms with van der Waals surface area (Å²) in [6.07, 6.45) is 4.76. The van der Waals surface area contributed by atoms with Crippen molar-refractivity contribution in [3.63, 3.8) is 0 Å². The molecule has 0 atom stereocenters. The highest BCUT2D eigenvalue weighted by Gasteiger charge is 2.15. The Labute approximate surface area is 108 Å². The summed E-state index contributed by atoms with van der Waals surface area (Å²) in [5, 5.41) is 0. The third-order valence-corrected chi connectivity index (χ3v) is 3.34. The molecule has 4 heteroatoms. The molecule has 0 bridgehead atoms. The summed E-state index contributed by atoms with van der Waals surface area (Å²) in [5.74, 6) is 0.332. The van der Waals surface area contributed by atoms with Crippen LogP contribution < -0.4 is 5.73 Å². The minimum atomic E-state index is -0.216. The maximum atomic E-state index is 13.1. The standard InChI is InChI=1S/C14H20FN3/c1-18(10-11-5-4-6-12(15)9-11)14(16)17-13-7-2-3-8-13/h4-6,9,13H,2-3,7-8,10H2,1H3,(H2,16,17). The van der Waals surface area contributed by atoms with Crippen molar-refractivity contribution in [1.82, 2.24) is 4.90 Å². The fourth-order valence-electron chi connectivity index (χ4n) is 2.31. The zero-order valence-corrected chi connectivity index (χ0v) is 10.8. The number of aliphatic imine (C=N–C) groups is 1. The zero-order chi connectivity index (χ0) is 13.0. The molecule has 1 aliphatic rings. The molecule has 98 valence electrons. The number of benzene rings is 1. The fourth-order valence-corrected chi connectivity index (χ4v) is 2.31. The van der Waals surface area contributed by atoms with Crippen LogP contribution in [0.5, 0.6) is 0 Å². The molecule has 0 saturated heterocycles. The van der Waals surface area contributed by atoms with Gasteiger partial charge in [-0.25, -0.2) is 9.38 Å². The number of hydrogen-bond donors (Lipinski definition) is 1. The van der Waals surface area contributed by atoms with Crippen molar-refractivity contribution in [3.8, 4) is 0 Å². The van der Waals surface area contributed by atoms with Crippen LogP contribution in [-0.4, -0.2) is 23.9 Å². The van der Waals surface area contributed by atoms with E-state index in [9.17, 15) is 4.39 Å². The van der Waals surface area contributed by atoms with Crippen LogP contribution in [0.3, 0.4) is 0 Å². The highest BCUT2D eigenvalue weighted by Crippen LogP contribution is 2.21. The van der Waals surface area contributed by atoms with E-state index in [1.165, 1.54) is 25.0 Å². The van der Waals surface area contributed by atoms with Crippen molar-refractivity contribution in [2.75, 3.05) is 7.05 Å². The van der Waals surface area contributed by atoms with Gasteiger partial charge < -0.3 is 10.6 Å². The van der Waals surface area contributed by atoms with E-state index in [0.29, 0.717) is 18.5 Å². The number of hydrogen-bond acceptors (Lipinski definition) is 1. The largest absolute Gasteiger partial charge is 0.370 e. The molecule has 0 radical (unpaired) electrons. The molecule has 1 aliphatic carbocycles. The monoisotopic (exact) mass is 249 g/mol. The number of nitrogens with two attached hydrogens (primary N) is 1. The van der Waals surface area contributed by atoms with Crippen molar-refractivity contribution < 1.29 is 4.39 Å². The lowest BCUT2D eigenvalue weighted by atomic mass is 10.2. The number of nitrogens with zero attached hydrogens (tertiary/aromatic N) is 2. The van der Waals surface area contributed by atoms with E-state index < -0.39 is 0 Å². The van der Waals surface area contributed by atoms with E-state index in [1.54, 1.807) is 6.07 Å². The molecule has 0 aliphatic heterocycles. The van der Waals surface area contributed by atoms with Gasteiger partial charge in [0.25, 0.3) is 0 Å². The summed E-state index contributed by atoms with van der Waals surface area (Å²) in [4.78, 5) is 6.39. The SMILES string of the molecule is CN(Cc1cccc(F)c1)C(N)=NC1CCCC1. The summed E-state index contributed by atoms with van der Waals surface area (Å²) >= 11 is 0. The first kappa shape index (κ1) is 12.9. The highest BCUT2D eigenvalue weighted by molar-refractivity contribution is 5.78. The first-order valence-corrected chi connectivity index (χ1v) is 6.44. The Hall–Kier alpha value is -1.58. The minimum Gasteiger partial charge on any atom is -0.370 e. The average molecular weight is 249 g/mol. The van der Waals surface area contributed by atoms with Gasteiger partial charge in [-0.3, -0.25) is 0 Å². The molecule has 0 spiro atoms. The van der Waals surface area contributed by atoms with Gasteiger partial charge in [0.2, 0.25) is 0 Å². The predicted octanol–water partition coefficient (Wildman–Crippen LogP) is 2.51. The lowest BCUT2D eigenvalue weighted by Gasteiger charge is -2.19. The van der Waals surface area contributed by atoms with Crippen LogP contribution in [0.1, 0.15) is 31.2 Å². The first-order chi connectivity index (χ1) is 8.65. The summed E-state index contributed by atoms with van der Waals surface area (Å²) < 4.78 is 13.1. The molecule has 2 N–H and O–H groups in total. The Bertz CT molecular complexity index is 425. The van der Waals surface area contributed by atoms with Crippen LogP contribution in [-0.2, 0) is 6.54 Å². The topological polar surface area (TPSA) is 41.6 Å². The normalized spacial score (nSPS) is 17.1. The van der Waals surface area contributed by atoms with Gasteiger partial charge in [0.1, 0.15) is 5.82 Å². The van der Waals surface area contributed by atoms with Gasteiger partial charge >= 0.3 is 0 Å². The van der Waals surface area contributed by atoms with Gasteiger partial charge in [-0.05, 0) is 30.5 Å². The Morgan fingerprint density at radius 2 is 2.17 bits per heavy atom. The molecule has 1 saturated carbocycles. The zero-order valence-electron chi connectivity index (χ0n) is 10.8. The molecule has 18 heavy (non-hydrogen) atoms. The molecule has 0 amide bonds. The molecule has 2 rings (SSSR count). The van der Waals surface area contributed by atoms with Gasteiger partial charge in [0.15, 0.2) is 5.96 Å². The second-order valence-electron chi connectivity index (χ2n) is 4.91. The van der Waals surface area contributed by atoms with Crippen LogP contribution in [0.4, 0.5) is 4.39 Å². The molecular formula is C14H20FN3. The Balaban J connectivity index is 1.96. The summed E-state index contributed by atoms with van der Waals surface area (Å²) in [5.41, 5.74) is 6.87. The van der Waals surface area contributed by atoms with Gasteiger partial charge in [-0.1, -0.05) is 25.0 Å². The van der Waals surface area contributed by atoms with Crippen molar-refractivity contribution in [1.29, 1.82) is 0 Å². The molecule has 1 aromatic rings. The van der Waals surface area contributed by atoms with Crippen molar-refractivity contribution in [3.05, 3.63) is 35.6 Å².